The molecule has 0 unspecified atom stereocenters. The Kier molecular flexibility index (Phi) is 5.14. The molecular formula is C22H31N5O3. The zero-order valence-electron chi connectivity index (χ0n) is 17.9. The summed E-state index contributed by atoms with van der Waals surface area (Å²) in [5, 5.41) is 3.29. The maximum atomic E-state index is 13.1. The number of hydrogen-bond donors (Lipinski definition) is 1. The Bertz CT molecular complexity index is 1000. The van der Waals surface area contributed by atoms with E-state index in [-0.39, 0.29) is 23.6 Å². The van der Waals surface area contributed by atoms with Gasteiger partial charge in [0.1, 0.15) is 6.10 Å². The highest BCUT2D eigenvalue weighted by Gasteiger charge is 2.35. The number of carbonyl (C=O) groups excluding carboxylic acids is 1. The Morgan fingerprint density at radius 1 is 1.23 bits per heavy atom. The minimum Gasteiger partial charge on any atom is -0.368 e. The summed E-state index contributed by atoms with van der Waals surface area (Å²) < 4.78 is 7.23. The molecule has 5 rings (SSSR count). The molecule has 1 amide bonds. The number of aromatic amines is 1. The molecule has 0 spiro atoms. The fraction of sp³-hybridized carbons (Fsp3) is 0.682. The fourth-order valence-corrected chi connectivity index (χ4v) is 5.12. The van der Waals surface area contributed by atoms with Crippen LogP contribution in [0.25, 0.3) is 5.65 Å². The lowest BCUT2D eigenvalue weighted by molar-refractivity contribution is -0.145. The molecule has 3 aliphatic rings. The number of rotatable bonds is 3. The van der Waals surface area contributed by atoms with Gasteiger partial charge in [0.2, 0.25) is 0 Å². The molecule has 0 aliphatic carbocycles. The van der Waals surface area contributed by atoms with E-state index in [1.165, 1.54) is 0 Å². The molecule has 2 aromatic rings. The molecule has 2 atom stereocenters. The summed E-state index contributed by atoms with van der Waals surface area (Å²) >= 11 is 0. The second-order valence-corrected chi connectivity index (χ2v) is 9.11. The first kappa shape index (κ1) is 19.8. The molecule has 30 heavy (non-hydrogen) atoms. The van der Waals surface area contributed by atoms with Gasteiger partial charge in [0.05, 0.1) is 17.4 Å². The van der Waals surface area contributed by atoms with Crippen molar-refractivity contribution in [1.82, 2.24) is 24.4 Å². The SMILES string of the molecule is CC(C)N1CCc2c(nc3cc([C@@H]4CCCCN4C(=O)[C@H]4CCCO4)[nH]n3c2=O)C1. The number of likely N-dealkylation sites (tertiary alicyclic amines) is 1. The van der Waals surface area contributed by atoms with Crippen molar-refractivity contribution in [3.63, 3.8) is 0 Å². The number of nitrogens with one attached hydrogen (secondary N) is 1. The molecule has 0 saturated carbocycles. The van der Waals surface area contributed by atoms with Gasteiger partial charge >= 0.3 is 0 Å². The number of nitrogens with zero attached hydrogens (tertiary/aromatic N) is 4. The summed E-state index contributed by atoms with van der Waals surface area (Å²) in [6.07, 6.45) is 5.12. The lowest BCUT2D eigenvalue weighted by Gasteiger charge is -2.36. The van der Waals surface area contributed by atoms with Gasteiger partial charge in [0.15, 0.2) is 5.65 Å². The average molecular weight is 414 g/mol. The van der Waals surface area contributed by atoms with Crippen molar-refractivity contribution < 1.29 is 9.53 Å². The van der Waals surface area contributed by atoms with Gasteiger partial charge in [0.25, 0.3) is 11.5 Å². The Morgan fingerprint density at radius 3 is 2.87 bits per heavy atom. The van der Waals surface area contributed by atoms with Gasteiger partial charge < -0.3 is 9.64 Å². The predicted molar refractivity (Wildman–Crippen MR) is 112 cm³/mol. The Morgan fingerprint density at radius 2 is 2.10 bits per heavy atom. The van der Waals surface area contributed by atoms with Gasteiger partial charge in [0, 0.05) is 43.9 Å². The molecule has 2 fully saturated rings. The summed E-state index contributed by atoms with van der Waals surface area (Å²) in [5.74, 6) is 0.0861. The van der Waals surface area contributed by atoms with Crippen LogP contribution in [0.3, 0.4) is 0 Å². The first-order chi connectivity index (χ1) is 14.5. The minimum absolute atomic E-state index is 0.00234. The first-order valence-electron chi connectivity index (χ1n) is 11.3. The third kappa shape index (κ3) is 3.36. The van der Waals surface area contributed by atoms with Gasteiger partial charge in [-0.2, -0.15) is 0 Å². The second-order valence-electron chi connectivity index (χ2n) is 9.11. The van der Waals surface area contributed by atoms with E-state index in [9.17, 15) is 9.59 Å². The van der Waals surface area contributed by atoms with Crippen molar-refractivity contribution in [2.24, 2.45) is 0 Å². The predicted octanol–water partition coefficient (Wildman–Crippen LogP) is 2.02. The molecule has 8 heteroatoms. The van der Waals surface area contributed by atoms with Gasteiger partial charge in [-0.15, -0.1) is 0 Å². The monoisotopic (exact) mass is 413 g/mol. The number of aromatic nitrogens is 3. The number of hydrogen-bond acceptors (Lipinski definition) is 5. The van der Waals surface area contributed by atoms with E-state index in [1.807, 2.05) is 11.0 Å². The molecule has 2 saturated heterocycles. The van der Waals surface area contributed by atoms with Gasteiger partial charge in [-0.1, -0.05) is 0 Å². The van der Waals surface area contributed by atoms with Crippen molar-refractivity contribution in [3.05, 3.63) is 33.4 Å². The van der Waals surface area contributed by atoms with Crippen LogP contribution in [-0.2, 0) is 22.5 Å². The van der Waals surface area contributed by atoms with Crippen molar-refractivity contribution in [2.45, 2.75) is 77.1 Å². The van der Waals surface area contributed by atoms with Crippen LogP contribution in [0.2, 0.25) is 0 Å². The molecule has 0 bridgehead atoms. The van der Waals surface area contributed by atoms with Crippen molar-refractivity contribution >= 4 is 11.6 Å². The smallest absolute Gasteiger partial charge is 0.276 e. The highest BCUT2D eigenvalue weighted by Crippen LogP contribution is 2.32. The van der Waals surface area contributed by atoms with Crippen LogP contribution in [0.15, 0.2) is 10.9 Å². The van der Waals surface area contributed by atoms with Crippen LogP contribution in [-0.4, -0.2) is 62.1 Å². The van der Waals surface area contributed by atoms with E-state index in [0.717, 1.165) is 68.6 Å². The summed E-state index contributed by atoms with van der Waals surface area (Å²) in [4.78, 5) is 35.4. The van der Waals surface area contributed by atoms with E-state index in [4.69, 9.17) is 9.72 Å². The van der Waals surface area contributed by atoms with E-state index >= 15 is 0 Å². The topological polar surface area (TPSA) is 82.9 Å². The standard InChI is InChI=1S/C22H31N5O3/c1-14(2)25-10-8-15-17(13-25)23-20-12-16(24-27(20)21(15)28)18-6-3-4-9-26(18)22(29)19-7-5-11-30-19/h12,14,18-19,24H,3-11,13H2,1-2H3/t18-,19+/m0/s1. The molecule has 8 nitrogen and oxygen atoms in total. The van der Waals surface area contributed by atoms with E-state index in [1.54, 1.807) is 4.52 Å². The Balaban J connectivity index is 1.49. The van der Waals surface area contributed by atoms with E-state index in [0.29, 0.717) is 24.8 Å². The summed E-state index contributed by atoms with van der Waals surface area (Å²) in [7, 11) is 0. The lowest BCUT2D eigenvalue weighted by atomic mass is 9.98. The van der Waals surface area contributed by atoms with Gasteiger partial charge in [-0.25, -0.2) is 9.50 Å². The number of ether oxygens (including phenoxy) is 1. The maximum absolute atomic E-state index is 13.1. The van der Waals surface area contributed by atoms with E-state index in [2.05, 4.69) is 23.8 Å². The van der Waals surface area contributed by atoms with Crippen LogP contribution < -0.4 is 5.56 Å². The number of piperidine rings is 1. The molecule has 3 aliphatic heterocycles. The van der Waals surface area contributed by atoms with Crippen LogP contribution in [0.5, 0.6) is 0 Å². The van der Waals surface area contributed by atoms with Crippen LogP contribution in [0, 0.1) is 0 Å². The first-order valence-corrected chi connectivity index (χ1v) is 11.3. The van der Waals surface area contributed by atoms with Gasteiger partial charge in [-0.05, 0) is 52.4 Å². The molecule has 2 aromatic heterocycles. The van der Waals surface area contributed by atoms with Crippen molar-refractivity contribution in [2.75, 3.05) is 19.7 Å². The largest absolute Gasteiger partial charge is 0.368 e. The highest BCUT2D eigenvalue weighted by atomic mass is 16.5. The average Bonchev–Trinajstić information content (AvgIpc) is 3.43. The molecule has 1 N–H and O–H groups in total. The Labute approximate surface area is 176 Å². The fourth-order valence-electron chi connectivity index (χ4n) is 5.12. The third-order valence-corrected chi connectivity index (χ3v) is 6.90. The second kappa shape index (κ2) is 7.81. The van der Waals surface area contributed by atoms with E-state index < -0.39 is 0 Å². The molecule has 162 valence electrons. The highest BCUT2D eigenvalue weighted by molar-refractivity contribution is 5.81. The molecule has 0 aromatic carbocycles. The zero-order valence-corrected chi connectivity index (χ0v) is 17.9. The van der Waals surface area contributed by atoms with Crippen molar-refractivity contribution in [1.29, 1.82) is 0 Å². The number of carbonyl (C=O) groups is 1. The van der Waals surface area contributed by atoms with Crippen LogP contribution in [0.1, 0.15) is 68.9 Å². The number of H-pyrrole nitrogens is 1. The number of amides is 1. The minimum atomic E-state index is -0.315. The number of fused-ring (bicyclic) bond motifs is 2. The molecule has 5 heterocycles. The van der Waals surface area contributed by atoms with Crippen LogP contribution in [0.4, 0.5) is 0 Å². The summed E-state index contributed by atoms with van der Waals surface area (Å²) in [6, 6.07) is 2.34. The Hall–Kier alpha value is -2.19. The molecular weight excluding hydrogens is 382 g/mol. The van der Waals surface area contributed by atoms with Gasteiger partial charge in [-0.3, -0.25) is 19.6 Å². The summed E-state index contributed by atoms with van der Waals surface area (Å²) in [6.45, 7) is 7.35. The zero-order chi connectivity index (χ0) is 20.8. The quantitative estimate of drug-likeness (QED) is 0.832. The maximum Gasteiger partial charge on any atom is 0.276 e. The normalized spacial score (nSPS) is 25.2. The lowest BCUT2D eigenvalue weighted by Crippen LogP contribution is -2.44. The molecule has 0 radical (unpaired) electrons. The third-order valence-electron chi connectivity index (χ3n) is 6.90. The van der Waals surface area contributed by atoms with Crippen molar-refractivity contribution in [3.8, 4) is 0 Å². The summed E-state index contributed by atoms with van der Waals surface area (Å²) in [5.41, 5.74) is 3.25. The van der Waals surface area contributed by atoms with Crippen LogP contribution >= 0.6 is 0 Å².